The van der Waals surface area contributed by atoms with Crippen LogP contribution in [0.4, 0.5) is 0 Å². The third-order valence-electron chi connectivity index (χ3n) is 3.36. The minimum atomic E-state index is 0.337. The summed E-state index contributed by atoms with van der Waals surface area (Å²) in [6, 6.07) is 0. The van der Waals surface area contributed by atoms with Gasteiger partial charge in [-0.15, -0.1) is 0 Å². The van der Waals surface area contributed by atoms with E-state index in [0.29, 0.717) is 16.9 Å². The van der Waals surface area contributed by atoms with Crippen LogP contribution in [0.1, 0.15) is 34.6 Å². The highest BCUT2D eigenvalue weighted by atomic mass is 35.5. The second-order valence-corrected chi connectivity index (χ2v) is 5.68. The summed E-state index contributed by atoms with van der Waals surface area (Å²) in [5.41, 5.74) is 5.97. The molecule has 0 aliphatic carbocycles. The zero-order valence-electron chi connectivity index (χ0n) is 12.1. The number of halogens is 2. The molecule has 2 nitrogen and oxygen atoms in total. The van der Waals surface area contributed by atoms with E-state index >= 15 is 0 Å². The van der Waals surface area contributed by atoms with Crippen molar-refractivity contribution in [2.75, 3.05) is 0 Å². The van der Waals surface area contributed by atoms with Gasteiger partial charge in [-0.25, -0.2) is 4.98 Å². The molecule has 0 saturated carbocycles. The van der Waals surface area contributed by atoms with Crippen LogP contribution >= 0.6 is 23.2 Å². The first-order valence-electron chi connectivity index (χ1n) is 6.11. The van der Waals surface area contributed by atoms with Crippen molar-refractivity contribution in [3.63, 3.8) is 0 Å². The second-order valence-electron chi connectivity index (χ2n) is 4.96. The Morgan fingerprint density at radius 1 is 1.16 bits per heavy atom. The summed E-state index contributed by atoms with van der Waals surface area (Å²) < 4.78 is 1.85. The smallest absolute Gasteiger partial charge is 0.166 e. The van der Waals surface area contributed by atoms with Crippen molar-refractivity contribution in [2.45, 2.75) is 41.2 Å². The van der Waals surface area contributed by atoms with Crippen LogP contribution < -0.4 is 0 Å². The van der Waals surface area contributed by atoms with Crippen LogP contribution in [-0.4, -0.2) is 9.55 Å². The van der Waals surface area contributed by atoms with E-state index in [4.69, 9.17) is 23.2 Å². The molecule has 0 radical (unpaired) electrons. The van der Waals surface area contributed by atoms with Gasteiger partial charge in [-0.05, 0) is 51.3 Å². The molecule has 1 aromatic heterocycles. The monoisotopic (exact) mass is 298 g/mol. The average Bonchev–Trinajstić information content (AvgIpc) is 2.65. The summed E-state index contributed by atoms with van der Waals surface area (Å²) in [4.78, 5) is 4.01. The van der Waals surface area contributed by atoms with Crippen molar-refractivity contribution in [3.8, 4) is 0 Å². The van der Waals surface area contributed by atoms with E-state index in [9.17, 15) is 0 Å². The minimum absolute atomic E-state index is 0.337. The van der Waals surface area contributed by atoms with Crippen molar-refractivity contribution in [2.24, 2.45) is 0 Å². The summed E-state index contributed by atoms with van der Waals surface area (Å²) in [6.45, 7) is 15.1. The van der Waals surface area contributed by atoms with Crippen molar-refractivity contribution in [1.82, 2.24) is 9.55 Å². The summed E-state index contributed by atoms with van der Waals surface area (Å²) in [7, 11) is 0. The van der Waals surface area contributed by atoms with E-state index in [-0.39, 0.29) is 0 Å². The Bertz CT molecular complexity index is 559. The highest BCUT2D eigenvalue weighted by Gasteiger charge is 2.12. The largest absolute Gasteiger partial charge is 0.316 e. The number of imidazole rings is 1. The minimum Gasteiger partial charge on any atom is -0.316 e. The van der Waals surface area contributed by atoms with Crippen LogP contribution in [0.2, 0.25) is 10.3 Å². The van der Waals surface area contributed by atoms with E-state index in [1.165, 1.54) is 22.3 Å². The van der Waals surface area contributed by atoms with E-state index in [1.54, 1.807) is 6.33 Å². The molecule has 104 valence electrons. The molecule has 0 aliphatic rings. The lowest BCUT2D eigenvalue weighted by Gasteiger charge is -2.16. The topological polar surface area (TPSA) is 17.8 Å². The SMILES string of the molecule is C=C(C)/C(C)=C(/Cn1cnc(Cl)c1Cl)C(C)=C(C)C. The Kier molecular flexibility index (Phi) is 5.45. The number of aromatic nitrogens is 2. The lowest BCUT2D eigenvalue weighted by atomic mass is 9.95. The van der Waals surface area contributed by atoms with Gasteiger partial charge < -0.3 is 4.57 Å². The summed E-state index contributed by atoms with van der Waals surface area (Å²) in [5.74, 6) is 0. The molecule has 1 aromatic rings. The van der Waals surface area contributed by atoms with Gasteiger partial charge in [0.1, 0.15) is 5.15 Å². The Hall–Kier alpha value is -0.990. The molecule has 0 aromatic carbocycles. The van der Waals surface area contributed by atoms with Gasteiger partial charge in [-0.3, -0.25) is 0 Å². The van der Waals surface area contributed by atoms with Crippen LogP contribution in [0.3, 0.4) is 0 Å². The predicted octanol–water partition coefficient (Wildman–Crippen LogP) is 5.44. The Morgan fingerprint density at radius 3 is 2.11 bits per heavy atom. The first kappa shape index (κ1) is 16.1. The van der Waals surface area contributed by atoms with Gasteiger partial charge in [0.2, 0.25) is 0 Å². The van der Waals surface area contributed by atoms with Crippen molar-refractivity contribution < 1.29 is 0 Å². The fraction of sp³-hybridized carbons (Fsp3) is 0.400. The molecule has 0 saturated heterocycles. The maximum atomic E-state index is 6.13. The van der Waals surface area contributed by atoms with E-state index in [2.05, 4.69) is 39.3 Å². The van der Waals surface area contributed by atoms with E-state index < -0.39 is 0 Å². The Balaban J connectivity index is 3.29. The van der Waals surface area contributed by atoms with Crippen LogP contribution in [0, 0.1) is 0 Å². The van der Waals surface area contributed by atoms with Gasteiger partial charge >= 0.3 is 0 Å². The molecule has 0 aliphatic heterocycles. The van der Waals surface area contributed by atoms with Gasteiger partial charge in [0.25, 0.3) is 0 Å². The number of hydrogen-bond acceptors (Lipinski definition) is 1. The van der Waals surface area contributed by atoms with Crippen molar-refractivity contribution in [1.29, 1.82) is 0 Å². The third-order valence-corrected chi connectivity index (χ3v) is 4.13. The zero-order valence-corrected chi connectivity index (χ0v) is 13.7. The molecule has 0 spiro atoms. The summed E-state index contributed by atoms with van der Waals surface area (Å²) in [5, 5.41) is 0.805. The van der Waals surface area contributed by atoms with Gasteiger partial charge in [0.05, 0.1) is 12.9 Å². The second kappa shape index (κ2) is 6.44. The molecule has 0 fully saturated rings. The van der Waals surface area contributed by atoms with Crippen LogP contribution in [0.25, 0.3) is 0 Å². The Labute approximate surface area is 125 Å². The highest BCUT2D eigenvalue weighted by Crippen LogP contribution is 2.27. The predicted molar refractivity (Wildman–Crippen MR) is 83.8 cm³/mol. The molecule has 1 heterocycles. The molecule has 0 N–H and O–H groups in total. The number of rotatable bonds is 4. The maximum absolute atomic E-state index is 6.13. The molecule has 0 bridgehead atoms. The van der Waals surface area contributed by atoms with Crippen molar-refractivity contribution in [3.05, 3.63) is 51.1 Å². The molecule has 19 heavy (non-hydrogen) atoms. The summed E-state index contributed by atoms with van der Waals surface area (Å²) >= 11 is 12.0. The van der Waals surface area contributed by atoms with Gasteiger partial charge in [0.15, 0.2) is 5.15 Å². The molecule has 0 amide bonds. The zero-order chi connectivity index (χ0) is 14.7. The van der Waals surface area contributed by atoms with E-state index in [0.717, 1.165) is 5.57 Å². The van der Waals surface area contributed by atoms with Gasteiger partial charge in [-0.2, -0.15) is 0 Å². The molecule has 0 unspecified atom stereocenters. The molecule has 0 atom stereocenters. The molecule has 4 heteroatoms. The molecular weight excluding hydrogens is 279 g/mol. The third kappa shape index (κ3) is 3.74. The molecular formula is C15H20Cl2N2. The lowest BCUT2D eigenvalue weighted by Crippen LogP contribution is -2.05. The summed E-state index contributed by atoms with van der Waals surface area (Å²) in [6.07, 6.45) is 1.66. The van der Waals surface area contributed by atoms with Crippen LogP contribution in [0.5, 0.6) is 0 Å². The molecule has 1 rings (SSSR count). The number of hydrogen-bond donors (Lipinski definition) is 0. The van der Waals surface area contributed by atoms with Gasteiger partial charge in [0, 0.05) is 0 Å². The van der Waals surface area contributed by atoms with Crippen LogP contribution in [0.15, 0.2) is 40.8 Å². The lowest BCUT2D eigenvalue weighted by molar-refractivity contribution is 0.779. The first-order chi connectivity index (χ1) is 8.75. The van der Waals surface area contributed by atoms with E-state index in [1.807, 2.05) is 11.5 Å². The van der Waals surface area contributed by atoms with Crippen LogP contribution in [-0.2, 0) is 6.54 Å². The number of allylic oxidation sites excluding steroid dienone is 5. The standard InChI is InChI=1S/C15H20Cl2N2/c1-9(2)11(5)13(12(6)10(3)4)7-19-8-18-14(16)15(19)17/h8H,1,7H2,2-6H3/b13-11-. The Morgan fingerprint density at radius 2 is 1.74 bits per heavy atom. The normalized spacial score (nSPS) is 12.2. The average molecular weight is 299 g/mol. The fourth-order valence-corrected chi connectivity index (χ4v) is 2.01. The number of nitrogens with zero attached hydrogens (tertiary/aromatic N) is 2. The first-order valence-corrected chi connectivity index (χ1v) is 6.87. The van der Waals surface area contributed by atoms with Gasteiger partial charge in [-0.1, -0.05) is 40.9 Å². The fourth-order valence-electron chi connectivity index (χ4n) is 1.70. The highest BCUT2D eigenvalue weighted by molar-refractivity contribution is 6.40. The van der Waals surface area contributed by atoms with Crippen molar-refractivity contribution >= 4 is 23.2 Å². The maximum Gasteiger partial charge on any atom is 0.166 e. The quantitative estimate of drug-likeness (QED) is 0.677.